The summed E-state index contributed by atoms with van der Waals surface area (Å²) in [4.78, 5) is 14.0. The molecule has 194 valence electrons. The second-order valence-electron chi connectivity index (χ2n) is 8.34. The Hall–Kier alpha value is -4.11. The van der Waals surface area contributed by atoms with Crippen LogP contribution in [0.25, 0.3) is 17.2 Å². The Kier molecular flexibility index (Phi) is 9.45. The number of hydrogen-bond donors (Lipinski definition) is 1. The fraction of sp³-hybridized carbons (Fsp3) is 0.214. The van der Waals surface area contributed by atoms with E-state index in [1.54, 1.807) is 69.6 Å². The second kappa shape index (κ2) is 12.7. The van der Waals surface area contributed by atoms with Crippen molar-refractivity contribution in [1.82, 2.24) is 10.2 Å². The lowest BCUT2D eigenvalue weighted by Crippen LogP contribution is -2.23. The van der Waals surface area contributed by atoms with Crippen LogP contribution >= 0.6 is 0 Å². The van der Waals surface area contributed by atoms with Crippen molar-refractivity contribution in [3.05, 3.63) is 83.9 Å². The van der Waals surface area contributed by atoms with Crippen LogP contribution in [0.5, 0.6) is 11.5 Å². The summed E-state index contributed by atoms with van der Waals surface area (Å²) in [6, 6.07) is 19.9. The van der Waals surface area contributed by atoms with Crippen LogP contribution in [0, 0.1) is 0 Å². The second-order valence-corrected chi connectivity index (χ2v) is 9.94. The van der Waals surface area contributed by atoms with Crippen molar-refractivity contribution in [2.75, 3.05) is 34.9 Å². The van der Waals surface area contributed by atoms with Crippen molar-refractivity contribution in [1.29, 1.82) is 0 Å². The molecule has 0 spiro atoms. The summed E-state index contributed by atoms with van der Waals surface area (Å²) in [6.45, 7) is 0.327. The Bertz CT molecular complexity index is 1380. The smallest absolute Gasteiger partial charge is 0.284 e. The van der Waals surface area contributed by atoms with Crippen LogP contribution in [0.15, 0.2) is 82.1 Å². The monoisotopic (exact) mass is 521 g/mol. The first-order chi connectivity index (χ1) is 17.7. The Balaban J connectivity index is 1.74. The third-order valence-corrected chi connectivity index (χ3v) is 6.66. The van der Waals surface area contributed by atoms with Gasteiger partial charge < -0.3 is 19.7 Å². The third kappa shape index (κ3) is 7.68. The number of amides is 1. The number of nitrogens with one attached hydrogen (secondary N) is 1. The molecule has 9 heteroatoms. The van der Waals surface area contributed by atoms with Gasteiger partial charge in [-0.1, -0.05) is 42.5 Å². The number of carbonyl (C=O) groups excluding carboxylic acids is 1. The lowest BCUT2D eigenvalue weighted by molar-refractivity contribution is -0.116. The van der Waals surface area contributed by atoms with Gasteiger partial charge in [-0.3, -0.25) is 4.79 Å². The molecular formula is C28H31N3O5S. The van der Waals surface area contributed by atoms with E-state index in [1.807, 2.05) is 36.4 Å². The largest absolute Gasteiger partial charge is 0.497 e. The summed E-state index contributed by atoms with van der Waals surface area (Å²) < 4.78 is 40.5. The highest BCUT2D eigenvalue weighted by Crippen LogP contribution is 2.30. The minimum atomic E-state index is -3.94. The van der Waals surface area contributed by atoms with E-state index >= 15 is 0 Å². The van der Waals surface area contributed by atoms with Gasteiger partial charge in [0.05, 0.1) is 19.1 Å². The van der Waals surface area contributed by atoms with Crippen molar-refractivity contribution in [2.45, 2.75) is 11.3 Å². The predicted octanol–water partition coefficient (Wildman–Crippen LogP) is 4.02. The zero-order valence-electron chi connectivity index (χ0n) is 21.3. The third-order valence-electron chi connectivity index (χ3n) is 5.39. The summed E-state index contributed by atoms with van der Waals surface area (Å²) >= 11 is 0. The van der Waals surface area contributed by atoms with Gasteiger partial charge in [-0.25, -0.2) is 0 Å². The van der Waals surface area contributed by atoms with Crippen LogP contribution in [-0.4, -0.2) is 60.4 Å². The van der Waals surface area contributed by atoms with Gasteiger partial charge in [0, 0.05) is 43.9 Å². The van der Waals surface area contributed by atoms with E-state index in [4.69, 9.17) is 9.47 Å². The molecular weight excluding hydrogens is 490 g/mol. The van der Waals surface area contributed by atoms with E-state index in [2.05, 4.69) is 9.71 Å². The molecule has 0 atom stereocenters. The number of rotatable bonds is 11. The molecule has 0 unspecified atom stereocenters. The first kappa shape index (κ1) is 27.5. The molecule has 0 aliphatic carbocycles. The molecule has 0 radical (unpaired) electrons. The molecule has 3 aromatic rings. The number of benzene rings is 3. The van der Waals surface area contributed by atoms with Gasteiger partial charge in [0.25, 0.3) is 10.0 Å². The molecule has 3 rings (SSSR count). The number of hydrogen-bond acceptors (Lipinski definition) is 5. The highest BCUT2D eigenvalue weighted by atomic mass is 32.2. The van der Waals surface area contributed by atoms with Crippen LogP contribution in [0.1, 0.15) is 11.1 Å². The van der Waals surface area contributed by atoms with E-state index in [0.29, 0.717) is 30.0 Å². The van der Waals surface area contributed by atoms with Crippen molar-refractivity contribution in [2.24, 2.45) is 4.40 Å². The lowest BCUT2D eigenvalue weighted by Gasteiger charge is -2.12. The van der Waals surface area contributed by atoms with E-state index < -0.39 is 10.0 Å². The van der Waals surface area contributed by atoms with Crippen LogP contribution in [-0.2, 0) is 21.2 Å². The van der Waals surface area contributed by atoms with Crippen LogP contribution in [0.3, 0.4) is 0 Å². The van der Waals surface area contributed by atoms with Crippen molar-refractivity contribution in [3.8, 4) is 22.6 Å². The van der Waals surface area contributed by atoms with Crippen LogP contribution < -0.4 is 14.8 Å². The number of nitrogens with zero attached hydrogens (tertiary/aromatic N) is 2. The summed E-state index contributed by atoms with van der Waals surface area (Å²) in [5, 5.41) is 2.83. The molecule has 1 amide bonds. The van der Waals surface area contributed by atoms with E-state index in [0.717, 1.165) is 16.7 Å². The summed E-state index contributed by atoms with van der Waals surface area (Å²) in [7, 11) is 2.59. The Morgan fingerprint density at radius 3 is 2.43 bits per heavy atom. The topological polar surface area (TPSA) is 97.3 Å². The molecule has 0 aliphatic rings. The highest BCUT2D eigenvalue weighted by Gasteiger charge is 2.19. The maximum atomic E-state index is 13.1. The minimum absolute atomic E-state index is 0.118. The first-order valence-corrected chi connectivity index (χ1v) is 13.0. The van der Waals surface area contributed by atoms with Gasteiger partial charge in [-0.05, 0) is 41.8 Å². The molecule has 3 aromatic carbocycles. The van der Waals surface area contributed by atoms with Gasteiger partial charge in [-0.2, -0.15) is 8.42 Å². The molecule has 1 N–H and O–H groups in total. The maximum Gasteiger partial charge on any atom is 0.284 e. The molecule has 0 saturated heterocycles. The van der Waals surface area contributed by atoms with Gasteiger partial charge in [0.1, 0.15) is 17.8 Å². The van der Waals surface area contributed by atoms with Gasteiger partial charge in [0.2, 0.25) is 5.91 Å². The number of sulfonamides is 1. The number of carbonyl (C=O) groups is 1. The molecule has 0 aliphatic heterocycles. The van der Waals surface area contributed by atoms with Crippen LogP contribution in [0.2, 0.25) is 0 Å². The lowest BCUT2D eigenvalue weighted by atomic mass is 10.0. The zero-order valence-corrected chi connectivity index (χ0v) is 22.2. The average molecular weight is 522 g/mol. The standard InChI is InChI=1S/C28H31N3O5S/c1-31(2)20-30-37(33,34)27-18-21(10-14-25(27)22-8-6-5-7-9-22)16-17-29-28(32)15-12-23-11-13-24(35-3)19-26(23)36-4/h5-15,18-20H,16-17H2,1-4H3,(H,29,32). The minimum Gasteiger partial charge on any atom is -0.497 e. The molecule has 37 heavy (non-hydrogen) atoms. The molecule has 0 heterocycles. The first-order valence-electron chi connectivity index (χ1n) is 11.6. The van der Waals surface area contributed by atoms with Gasteiger partial charge in [-0.15, -0.1) is 4.40 Å². The number of ether oxygens (including phenoxy) is 2. The highest BCUT2D eigenvalue weighted by molar-refractivity contribution is 7.90. The number of methoxy groups -OCH3 is 2. The summed E-state index contributed by atoms with van der Waals surface area (Å²) in [5.41, 5.74) is 2.85. The van der Waals surface area contributed by atoms with Crippen LogP contribution in [0.4, 0.5) is 0 Å². The normalized spacial score (nSPS) is 11.6. The SMILES string of the molecule is COc1ccc(C=CC(=O)NCCc2ccc(-c3ccccc3)c(S(=O)(=O)N=CN(C)C)c2)c(OC)c1. The van der Waals surface area contributed by atoms with Crippen molar-refractivity contribution in [3.63, 3.8) is 0 Å². The Morgan fingerprint density at radius 1 is 1.00 bits per heavy atom. The van der Waals surface area contributed by atoms with Gasteiger partial charge >= 0.3 is 0 Å². The fourth-order valence-electron chi connectivity index (χ4n) is 3.52. The Morgan fingerprint density at radius 2 is 1.76 bits per heavy atom. The molecule has 0 fully saturated rings. The van der Waals surface area contributed by atoms with E-state index in [9.17, 15) is 13.2 Å². The quantitative estimate of drug-likeness (QED) is 0.233. The molecule has 0 bridgehead atoms. The molecule has 0 aromatic heterocycles. The van der Waals surface area contributed by atoms with Crippen molar-refractivity contribution < 1.29 is 22.7 Å². The van der Waals surface area contributed by atoms with Gasteiger partial charge in [0.15, 0.2) is 0 Å². The van der Waals surface area contributed by atoms with E-state index in [-0.39, 0.29) is 10.8 Å². The fourth-order valence-corrected chi connectivity index (χ4v) is 4.71. The Labute approximate surface area is 218 Å². The average Bonchev–Trinajstić information content (AvgIpc) is 2.91. The molecule has 0 saturated carbocycles. The maximum absolute atomic E-state index is 13.1. The summed E-state index contributed by atoms with van der Waals surface area (Å²) in [5.74, 6) is 0.972. The van der Waals surface area contributed by atoms with Crippen molar-refractivity contribution >= 4 is 28.3 Å². The zero-order chi connectivity index (χ0) is 26.8. The predicted molar refractivity (Wildman–Crippen MR) is 147 cm³/mol. The van der Waals surface area contributed by atoms with E-state index in [1.165, 1.54) is 12.4 Å². The molecule has 8 nitrogen and oxygen atoms in total. The summed E-state index contributed by atoms with van der Waals surface area (Å²) in [6.07, 6.45) is 4.80.